The van der Waals surface area contributed by atoms with Gasteiger partial charge in [-0.3, -0.25) is 0 Å². The van der Waals surface area contributed by atoms with Gasteiger partial charge in [-0.1, -0.05) is 0 Å². The molecule has 1 saturated heterocycles. The van der Waals surface area contributed by atoms with Crippen molar-refractivity contribution in [2.24, 2.45) is 0 Å². The Morgan fingerprint density at radius 1 is 1.28 bits per heavy atom. The van der Waals surface area contributed by atoms with Crippen molar-refractivity contribution in [2.45, 2.75) is 24.5 Å². The van der Waals surface area contributed by atoms with Crippen LogP contribution in [-0.4, -0.2) is 49.8 Å². The molecule has 0 spiro atoms. The van der Waals surface area contributed by atoms with Crippen molar-refractivity contribution in [3.05, 3.63) is 30.6 Å². The Labute approximate surface area is 103 Å². The molecule has 2 aromatic rings. The molecule has 3 N–H and O–H groups in total. The maximum absolute atomic E-state index is 9.96. The SMILES string of the molecule is OC[C@H]1O[C@@H](n2ccc3cccnc32)C(O)C1O. The van der Waals surface area contributed by atoms with Crippen molar-refractivity contribution in [1.82, 2.24) is 9.55 Å². The molecule has 18 heavy (non-hydrogen) atoms. The van der Waals surface area contributed by atoms with E-state index in [1.807, 2.05) is 18.2 Å². The number of aliphatic hydroxyl groups excluding tert-OH is 3. The summed E-state index contributed by atoms with van der Waals surface area (Å²) in [6.45, 7) is -0.332. The lowest BCUT2D eigenvalue weighted by Crippen LogP contribution is -2.33. The molecule has 2 unspecified atom stereocenters. The van der Waals surface area contributed by atoms with Gasteiger partial charge in [-0.25, -0.2) is 4.98 Å². The Balaban J connectivity index is 2.00. The fourth-order valence-electron chi connectivity index (χ4n) is 2.30. The van der Waals surface area contributed by atoms with Gasteiger partial charge < -0.3 is 24.6 Å². The third kappa shape index (κ3) is 1.62. The topological polar surface area (TPSA) is 87.7 Å². The minimum Gasteiger partial charge on any atom is -0.394 e. The Morgan fingerprint density at radius 2 is 2.11 bits per heavy atom. The lowest BCUT2D eigenvalue weighted by molar-refractivity contribution is -0.0508. The molecule has 3 heterocycles. The van der Waals surface area contributed by atoms with Crippen LogP contribution in [0.5, 0.6) is 0 Å². The number of aromatic nitrogens is 2. The maximum Gasteiger partial charge on any atom is 0.164 e. The third-order valence-electron chi connectivity index (χ3n) is 3.27. The van der Waals surface area contributed by atoms with Crippen LogP contribution in [0.1, 0.15) is 6.23 Å². The summed E-state index contributed by atoms with van der Waals surface area (Å²) < 4.78 is 7.13. The first-order chi connectivity index (χ1) is 8.72. The summed E-state index contributed by atoms with van der Waals surface area (Å²) >= 11 is 0. The number of hydrogen-bond donors (Lipinski definition) is 3. The van der Waals surface area contributed by atoms with Gasteiger partial charge in [0.1, 0.15) is 24.0 Å². The smallest absolute Gasteiger partial charge is 0.164 e. The van der Waals surface area contributed by atoms with Gasteiger partial charge >= 0.3 is 0 Å². The fraction of sp³-hybridized carbons (Fsp3) is 0.417. The number of rotatable bonds is 2. The first-order valence-electron chi connectivity index (χ1n) is 5.76. The van der Waals surface area contributed by atoms with E-state index in [-0.39, 0.29) is 6.61 Å². The van der Waals surface area contributed by atoms with E-state index in [4.69, 9.17) is 9.84 Å². The number of aliphatic hydroxyl groups is 3. The molecule has 1 aliphatic rings. The molecule has 6 heteroatoms. The highest BCUT2D eigenvalue weighted by Gasteiger charge is 2.43. The highest BCUT2D eigenvalue weighted by molar-refractivity contribution is 5.75. The molecule has 0 amide bonds. The normalized spacial score (nSPS) is 32.2. The third-order valence-corrected chi connectivity index (χ3v) is 3.27. The van der Waals surface area contributed by atoms with Crippen LogP contribution in [-0.2, 0) is 4.74 Å². The number of ether oxygens (including phenoxy) is 1. The van der Waals surface area contributed by atoms with Crippen LogP contribution in [0, 0.1) is 0 Å². The molecule has 3 rings (SSSR count). The van der Waals surface area contributed by atoms with Crippen LogP contribution in [0.2, 0.25) is 0 Å². The molecule has 4 atom stereocenters. The highest BCUT2D eigenvalue weighted by Crippen LogP contribution is 2.31. The molecule has 6 nitrogen and oxygen atoms in total. The zero-order chi connectivity index (χ0) is 12.7. The second-order valence-corrected chi connectivity index (χ2v) is 4.37. The maximum atomic E-state index is 9.96. The summed E-state index contributed by atoms with van der Waals surface area (Å²) in [7, 11) is 0. The molecular weight excluding hydrogens is 236 g/mol. The van der Waals surface area contributed by atoms with Crippen molar-refractivity contribution in [3.63, 3.8) is 0 Å². The summed E-state index contributed by atoms with van der Waals surface area (Å²) in [5, 5.41) is 29.7. The molecule has 2 aromatic heterocycles. The van der Waals surface area contributed by atoms with E-state index in [2.05, 4.69) is 4.98 Å². The second kappa shape index (κ2) is 4.33. The molecule has 1 fully saturated rings. The van der Waals surface area contributed by atoms with Crippen molar-refractivity contribution in [2.75, 3.05) is 6.61 Å². The van der Waals surface area contributed by atoms with Gasteiger partial charge in [-0.15, -0.1) is 0 Å². The fourth-order valence-corrected chi connectivity index (χ4v) is 2.30. The minimum atomic E-state index is -1.10. The lowest BCUT2D eigenvalue weighted by atomic mass is 10.1. The van der Waals surface area contributed by atoms with Crippen LogP contribution < -0.4 is 0 Å². The van der Waals surface area contributed by atoms with E-state index in [1.54, 1.807) is 17.0 Å². The lowest BCUT2D eigenvalue weighted by Gasteiger charge is -2.17. The first-order valence-corrected chi connectivity index (χ1v) is 5.76. The van der Waals surface area contributed by atoms with Gasteiger partial charge in [-0.2, -0.15) is 0 Å². The van der Waals surface area contributed by atoms with Crippen LogP contribution in [0.4, 0.5) is 0 Å². The summed E-state index contributed by atoms with van der Waals surface area (Å²) in [6.07, 6.45) is -0.283. The number of nitrogens with zero attached hydrogens (tertiary/aromatic N) is 2. The van der Waals surface area contributed by atoms with Crippen molar-refractivity contribution in [1.29, 1.82) is 0 Å². The monoisotopic (exact) mass is 250 g/mol. The quantitative estimate of drug-likeness (QED) is 0.678. The average Bonchev–Trinajstić information content (AvgIpc) is 2.93. The molecular formula is C12H14N2O4. The van der Waals surface area contributed by atoms with E-state index >= 15 is 0 Å². The minimum absolute atomic E-state index is 0.332. The second-order valence-electron chi connectivity index (χ2n) is 4.37. The Bertz CT molecular complexity index is 556. The Kier molecular flexibility index (Phi) is 2.79. The van der Waals surface area contributed by atoms with Crippen LogP contribution >= 0.6 is 0 Å². The Hall–Kier alpha value is -1.47. The van der Waals surface area contributed by atoms with Crippen LogP contribution in [0.15, 0.2) is 30.6 Å². The van der Waals surface area contributed by atoms with E-state index in [1.165, 1.54) is 0 Å². The summed E-state index contributed by atoms with van der Waals surface area (Å²) in [6, 6.07) is 5.58. The standard InChI is InChI=1S/C12H14N2O4/c15-6-8-9(16)10(17)12(18-8)14-5-3-7-2-1-4-13-11(7)14/h1-5,8-10,12,15-17H,6H2/t8-,9?,10?,12-/m1/s1. The zero-order valence-electron chi connectivity index (χ0n) is 9.55. The molecule has 0 radical (unpaired) electrons. The van der Waals surface area contributed by atoms with Gasteiger partial charge in [0.2, 0.25) is 0 Å². The first kappa shape index (κ1) is 11.6. The average molecular weight is 250 g/mol. The Morgan fingerprint density at radius 3 is 2.83 bits per heavy atom. The van der Waals surface area contributed by atoms with E-state index < -0.39 is 24.5 Å². The largest absolute Gasteiger partial charge is 0.394 e. The van der Waals surface area contributed by atoms with Crippen molar-refractivity contribution in [3.8, 4) is 0 Å². The molecule has 96 valence electrons. The van der Waals surface area contributed by atoms with Crippen molar-refractivity contribution < 1.29 is 20.1 Å². The summed E-state index contributed by atoms with van der Waals surface area (Å²) in [5.74, 6) is 0. The van der Waals surface area contributed by atoms with Crippen LogP contribution in [0.25, 0.3) is 11.0 Å². The van der Waals surface area contributed by atoms with E-state index in [9.17, 15) is 10.2 Å². The summed E-state index contributed by atoms with van der Waals surface area (Å²) in [5.41, 5.74) is 0.673. The van der Waals surface area contributed by atoms with E-state index in [0.29, 0.717) is 5.65 Å². The van der Waals surface area contributed by atoms with Gasteiger partial charge in [0, 0.05) is 17.8 Å². The molecule has 0 aliphatic carbocycles. The van der Waals surface area contributed by atoms with Crippen LogP contribution in [0.3, 0.4) is 0 Å². The number of pyridine rings is 1. The van der Waals surface area contributed by atoms with Gasteiger partial charge in [-0.05, 0) is 18.2 Å². The zero-order valence-corrected chi connectivity index (χ0v) is 9.55. The molecule has 0 bridgehead atoms. The van der Waals surface area contributed by atoms with Gasteiger partial charge in [0.25, 0.3) is 0 Å². The van der Waals surface area contributed by atoms with Gasteiger partial charge in [0.15, 0.2) is 6.23 Å². The predicted molar refractivity (Wildman–Crippen MR) is 62.7 cm³/mol. The number of hydrogen-bond acceptors (Lipinski definition) is 5. The van der Waals surface area contributed by atoms with Gasteiger partial charge in [0.05, 0.1) is 6.61 Å². The molecule has 0 aromatic carbocycles. The van der Waals surface area contributed by atoms with Crippen molar-refractivity contribution >= 4 is 11.0 Å². The van der Waals surface area contributed by atoms with E-state index in [0.717, 1.165) is 5.39 Å². The molecule has 0 saturated carbocycles. The highest BCUT2D eigenvalue weighted by atomic mass is 16.6. The molecule has 1 aliphatic heterocycles. The number of fused-ring (bicyclic) bond motifs is 1. The summed E-state index contributed by atoms with van der Waals surface area (Å²) in [4.78, 5) is 4.22. The predicted octanol–water partition coefficient (Wildman–Crippen LogP) is -0.352.